The van der Waals surface area contributed by atoms with Crippen molar-refractivity contribution >= 4 is 11.8 Å². The predicted molar refractivity (Wildman–Crippen MR) is 92.1 cm³/mol. The molecule has 4 heteroatoms. The topological polar surface area (TPSA) is 58.2 Å². The maximum Gasteiger partial charge on any atom is 0.225 e. The molecule has 0 atom stereocenters. The fourth-order valence-electron chi connectivity index (χ4n) is 2.87. The van der Waals surface area contributed by atoms with Gasteiger partial charge in [0.1, 0.15) is 0 Å². The van der Waals surface area contributed by atoms with Crippen LogP contribution in [0.4, 0.5) is 0 Å². The Kier molecular flexibility index (Phi) is 5.45. The standard InChI is InChI=1S/C19H28N2O2/c1-18(2,3)17(23)20-13-10-16(22)21-14-19(11-7-12-19)15-8-5-4-6-9-15/h4-6,8-9H,7,10-14H2,1-3H3,(H,20,23)(H,21,22). The van der Waals surface area contributed by atoms with E-state index in [0.29, 0.717) is 19.5 Å². The molecule has 4 nitrogen and oxygen atoms in total. The van der Waals surface area contributed by atoms with Crippen molar-refractivity contribution in [1.29, 1.82) is 0 Å². The summed E-state index contributed by atoms with van der Waals surface area (Å²) in [6.07, 6.45) is 3.79. The number of benzene rings is 1. The number of rotatable bonds is 6. The zero-order valence-electron chi connectivity index (χ0n) is 14.4. The van der Waals surface area contributed by atoms with Crippen LogP contribution in [0.2, 0.25) is 0 Å². The van der Waals surface area contributed by atoms with E-state index in [0.717, 1.165) is 12.8 Å². The Morgan fingerprint density at radius 2 is 1.74 bits per heavy atom. The van der Waals surface area contributed by atoms with Crippen molar-refractivity contribution in [2.24, 2.45) is 5.41 Å². The minimum Gasteiger partial charge on any atom is -0.355 e. The van der Waals surface area contributed by atoms with Gasteiger partial charge in [-0.25, -0.2) is 0 Å². The van der Waals surface area contributed by atoms with Gasteiger partial charge in [-0.1, -0.05) is 57.5 Å². The second-order valence-electron chi connectivity index (χ2n) is 7.53. The maximum absolute atomic E-state index is 12.0. The summed E-state index contributed by atoms with van der Waals surface area (Å²) < 4.78 is 0. The quantitative estimate of drug-likeness (QED) is 0.848. The SMILES string of the molecule is CC(C)(C)C(=O)NCCC(=O)NCC1(c2ccccc2)CCC1. The van der Waals surface area contributed by atoms with Crippen LogP contribution in [-0.4, -0.2) is 24.9 Å². The first-order valence-electron chi connectivity index (χ1n) is 8.44. The van der Waals surface area contributed by atoms with E-state index in [-0.39, 0.29) is 17.2 Å². The molecule has 1 aliphatic rings. The normalized spacial score (nSPS) is 16.3. The van der Waals surface area contributed by atoms with Crippen molar-refractivity contribution in [3.05, 3.63) is 35.9 Å². The van der Waals surface area contributed by atoms with E-state index in [9.17, 15) is 9.59 Å². The molecule has 0 saturated heterocycles. The van der Waals surface area contributed by atoms with Crippen LogP contribution < -0.4 is 10.6 Å². The van der Waals surface area contributed by atoms with Crippen LogP contribution in [-0.2, 0) is 15.0 Å². The summed E-state index contributed by atoms with van der Waals surface area (Å²) in [6, 6.07) is 10.4. The van der Waals surface area contributed by atoms with Gasteiger partial charge in [-0.3, -0.25) is 9.59 Å². The fourth-order valence-corrected chi connectivity index (χ4v) is 2.87. The van der Waals surface area contributed by atoms with E-state index in [1.54, 1.807) is 0 Å². The zero-order chi connectivity index (χ0) is 16.9. The van der Waals surface area contributed by atoms with Crippen molar-refractivity contribution in [2.75, 3.05) is 13.1 Å². The summed E-state index contributed by atoms with van der Waals surface area (Å²) >= 11 is 0. The lowest BCUT2D eigenvalue weighted by atomic mass is 9.64. The van der Waals surface area contributed by atoms with Gasteiger partial charge in [0.15, 0.2) is 0 Å². The Morgan fingerprint density at radius 1 is 1.09 bits per heavy atom. The molecule has 1 aliphatic carbocycles. The summed E-state index contributed by atoms with van der Waals surface area (Å²) in [5, 5.41) is 5.86. The molecule has 0 spiro atoms. The van der Waals surface area contributed by atoms with E-state index in [1.807, 2.05) is 26.8 Å². The van der Waals surface area contributed by atoms with Crippen LogP contribution in [0.15, 0.2) is 30.3 Å². The van der Waals surface area contributed by atoms with E-state index >= 15 is 0 Å². The van der Waals surface area contributed by atoms with E-state index in [4.69, 9.17) is 0 Å². The number of amides is 2. The molecular formula is C19H28N2O2. The second-order valence-corrected chi connectivity index (χ2v) is 7.53. The van der Waals surface area contributed by atoms with E-state index in [1.165, 1.54) is 12.0 Å². The van der Waals surface area contributed by atoms with Crippen LogP contribution in [0, 0.1) is 5.41 Å². The first kappa shape index (κ1) is 17.5. The first-order chi connectivity index (χ1) is 10.8. The van der Waals surface area contributed by atoms with Crippen molar-refractivity contribution in [3.63, 3.8) is 0 Å². The summed E-state index contributed by atoms with van der Waals surface area (Å²) in [7, 11) is 0. The average molecular weight is 316 g/mol. The van der Waals surface area contributed by atoms with Crippen molar-refractivity contribution in [3.8, 4) is 0 Å². The third-order valence-electron chi connectivity index (χ3n) is 4.64. The number of hydrogen-bond acceptors (Lipinski definition) is 2. The van der Waals surface area contributed by atoms with Crippen LogP contribution >= 0.6 is 0 Å². The molecular weight excluding hydrogens is 288 g/mol. The lowest BCUT2D eigenvalue weighted by Crippen LogP contribution is -2.46. The van der Waals surface area contributed by atoms with Crippen LogP contribution in [0.1, 0.15) is 52.0 Å². The molecule has 1 aromatic rings. The Labute approximate surface area is 139 Å². The number of hydrogen-bond donors (Lipinski definition) is 2. The lowest BCUT2D eigenvalue weighted by molar-refractivity contribution is -0.128. The summed E-state index contributed by atoms with van der Waals surface area (Å²) in [4.78, 5) is 23.8. The molecule has 2 N–H and O–H groups in total. The number of carbonyl (C=O) groups is 2. The fraction of sp³-hybridized carbons (Fsp3) is 0.579. The number of carbonyl (C=O) groups excluding carboxylic acids is 2. The highest BCUT2D eigenvalue weighted by Crippen LogP contribution is 2.43. The van der Waals surface area contributed by atoms with Crippen molar-refractivity contribution in [2.45, 2.75) is 51.9 Å². The van der Waals surface area contributed by atoms with Gasteiger partial charge >= 0.3 is 0 Å². The van der Waals surface area contributed by atoms with Gasteiger partial charge in [0, 0.05) is 30.3 Å². The van der Waals surface area contributed by atoms with Crippen LogP contribution in [0.3, 0.4) is 0 Å². The summed E-state index contributed by atoms with van der Waals surface area (Å²) in [5.41, 5.74) is 0.998. The zero-order valence-corrected chi connectivity index (χ0v) is 14.4. The van der Waals surface area contributed by atoms with Gasteiger partial charge in [0.05, 0.1) is 0 Å². The molecule has 2 amide bonds. The molecule has 0 heterocycles. The summed E-state index contributed by atoms with van der Waals surface area (Å²) in [6.45, 7) is 6.66. The van der Waals surface area contributed by atoms with Gasteiger partial charge in [-0.2, -0.15) is 0 Å². The van der Waals surface area contributed by atoms with Gasteiger partial charge in [0.2, 0.25) is 11.8 Å². The third-order valence-corrected chi connectivity index (χ3v) is 4.64. The number of nitrogens with one attached hydrogen (secondary N) is 2. The largest absolute Gasteiger partial charge is 0.355 e. The molecule has 1 aromatic carbocycles. The maximum atomic E-state index is 12.0. The van der Waals surface area contributed by atoms with E-state index < -0.39 is 5.41 Å². The molecule has 1 fully saturated rings. The lowest BCUT2D eigenvalue weighted by Gasteiger charge is -2.42. The average Bonchev–Trinajstić information content (AvgIpc) is 2.46. The van der Waals surface area contributed by atoms with Gasteiger partial charge in [0.25, 0.3) is 0 Å². The highest BCUT2D eigenvalue weighted by Gasteiger charge is 2.38. The molecule has 0 radical (unpaired) electrons. The molecule has 126 valence electrons. The van der Waals surface area contributed by atoms with Crippen LogP contribution in [0.5, 0.6) is 0 Å². The molecule has 0 aromatic heterocycles. The molecule has 0 bridgehead atoms. The predicted octanol–water partition coefficient (Wildman–Crippen LogP) is 2.78. The smallest absolute Gasteiger partial charge is 0.225 e. The van der Waals surface area contributed by atoms with Crippen LogP contribution in [0.25, 0.3) is 0 Å². The molecule has 0 aliphatic heterocycles. The second kappa shape index (κ2) is 7.16. The van der Waals surface area contributed by atoms with Gasteiger partial charge < -0.3 is 10.6 Å². The molecule has 1 saturated carbocycles. The Hall–Kier alpha value is -1.84. The van der Waals surface area contributed by atoms with Gasteiger partial charge in [-0.05, 0) is 18.4 Å². The Morgan fingerprint density at radius 3 is 2.26 bits per heavy atom. The highest BCUT2D eigenvalue weighted by atomic mass is 16.2. The Balaban J connectivity index is 1.77. The van der Waals surface area contributed by atoms with Crippen molar-refractivity contribution in [1.82, 2.24) is 10.6 Å². The monoisotopic (exact) mass is 316 g/mol. The third kappa shape index (κ3) is 4.57. The highest BCUT2D eigenvalue weighted by molar-refractivity contribution is 5.82. The van der Waals surface area contributed by atoms with Crippen molar-refractivity contribution < 1.29 is 9.59 Å². The summed E-state index contributed by atoms with van der Waals surface area (Å²) in [5.74, 6) is -0.0218. The molecule has 23 heavy (non-hydrogen) atoms. The molecule has 2 rings (SSSR count). The molecule has 0 unspecified atom stereocenters. The Bertz CT molecular complexity index is 542. The van der Waals surface area contributed by atoms with Gasteiger partial charge in [-0.15, -0.1) is 0 Å². The minimum atomic E-state index is -0.417. The minimum absolute atomic E-state index is 0.00131. The van der Waals surface area contributed by atoms with E-state index in [2.05, 4.69) is 34.9 Å². The first-order valence-corrected chi connectivity index (χ1v) is 8.44.